The Morgan fingerprint density at radius 1 is 1.24 bits per heavy atom. The van der Waals surface area contributed by atoms with E-state index in [1.54, 1.807) is 11.3 Å². The number of furan rings is 1. The van der Waals surface area contributed by atoms with Crippen molar-refractivity contribution in [1.82, 2.24) is 10.1 Å². The van der Waals surface area contributed by atoms with Gasteiger partial charge in [-0.15, -0.1) is 0 Å². The minimum absolute atomic E-state index is 0.109. The van der Waals surface area contributed by atoms with Crippen LogP contribution in [0, 0.1) is 0 Å². The van der Waals surface area contributed by atoms with E-state index in [1.807, 2.05) is 47.2 Å². The molecule has 7 heteroatoms. The molecule has 0 aliphatic heterocycles. The molecule has 0 fully saturated rings. The number of rotatable bonds is 6. The van der Waals surface area contributed by atoms with Gasteiger partial charge in [0.25, 0.3) is 0 Å². The van der Waals surface area contributed by atoms with Gasteiger partial charge in [0.15, 0.2) is 0 Å². The van der Waals surface area contributed by atoms with E-state index in [-0.39, 0.29) is 19.0 Å². The molecule has 0 N–H and O–H groups in total. The van der Waals surface area contributed by atoms with Gasteiger partial charge in [-0.25, -0.2) is 0 Å². The molecule has 0 aliphatic carbocycles. The number of nitrogens with zero attached hydrogens (tertiary/aromatic N) is 2. The Labute approximate surface area is 147 Å². The zero-order valence-electron chi connectivity index (χ0n) is 13.2. The van der Waals surface area contributed by atoms with Gasteiger partial charge in [0.2, 0.25) is 11.7 Å². The van der Waals surface area contributed by atoms with Crippen LogP contribution in [0.15, 0.2) is 56.1 Å². The predicted molar refractivity (Wildman–Crippen MR) is 91.9 cm³/mol. The van der Waals surface area contributed by atoms with E-state index in [1.165, 1.54) is 0 Å². The van der Waals surface area contributed by atoms with Crippen LogP contribution in [0.25, 0.3) is 22.4 Å². The summed E-state index contributed by atoms with van der Waals surface area (Å²) in [4.78, 5) is 16.2. The number of thiophene rings is 1. The smallest absolute Gasteiger partial charge is 0.306 e. The molecule has 0 aliphatic rings. The molecule has 1 aromatic carbocycles. The van der Waals surface area contributed by atoms with Crippen LogP contribution >= 0.6 is 11.3 Å². The fraction of sp³-hybridized carbons (Fsp3) is 0.167. The SMILES string of the molecule is O=C(CCc1nc(-c2ccsc2)no1)OCc1cc2ccccc2o1. The van der Waals surface area contributed by atoms with Crippen molar-refractivity contribution in [2.45, 2.75) is 19.4 Å². The van der Waals surface area contributed by atoms with Gasteiger partial charge in [0, 0.05) is 22.8 Å². The summed E-state index contributed by atoms with van der Waals surface area (Å²) in [5.41, 5.74) is 1.69. The van der Waals surface area contributed by atoms with E-state index < -0.39 is 0 Å². The summed E-state index contributed by atoms with van der Waals surface area (Å²) in [6.07, 6.45) is 0.515. The average Bonchev–Trinajstić information content (AvgIpc) is 3.37. The van der Waals surface area contributed by atoms with Crippen molar-refractivity contribution in [3.63, 3.8) is 0 Å². The Hall–Kier alpha value is -2.93. The van der Waals surface area contributed by atoms with Crippen LogP contribution in [-0.2, 0) is 22.6 Å². The molecular formula is C18H14N2O4S. The number of carbonyl (C=O) groups excluding carboxylic acids is 1. The molecule has 3 aromatic heterocycles. The first-order chi connectivity index (χ1) is 12.3. The molecule has 0 radical (unpaired) electrons. The Morgan fingerprint density at radius 3 is 3.00 bits per heavy atom. The minimum atomic E-state index is -0.337. The van der Waals surface area contributed by atoms with Gasteiger partial charge in [-0.1, -0.05) is 23.4 Å². The highest BCUT2D eigenvalue weighted by molar-refractivity contribution is 7.08. The number of hydrogen-bond acceptors (Lipinski definition) is 7. The first-order valence-electron chi connectivity index (χ1n) is 7.76. The maximum absolute atomic E-state index is 11.9. The molecule has 0 unspecified atom stereocenters. The number of benzene rings is 1. The van der Waals surface area contributed by atoms with Crippen molar-refractivity contribution < 1.29 is 18.5 Å². The van der Waals surface area contributed by atoms with Crippen LogP contribution in [0.1, 0.15) is 18.1 Å². The third-order valence-corrected chi connectivity index (χ3v) is 4.33. The number of aromatic nitrogens is 2. The summed E-state index contributed by atoms with van der Waals surface area (Å²) in [6.45, 7) is 0.109. The van der Waals surface area contributed by atoms with Crippen molar-refractivity contribution in [2.75, 3.05) is 0 Å². The van der Waals surface area contributed by atoms with Gasteiger partial charge in [0.05, 0.1) is 6.42 Å². The monoisotopic (exact) mass is 354 g/mol. The first-order valence-corrected chi connectivity index (χ1v) is 8.70. The molecule has 4 rings (SSSR count). The van der Waals surface area contributed by atoms with Crippen LogP contribution in [0.2, 0.25) is 0 Å². The van der Waals surface area contributed by atoms with E-state index in [4.69, 9.17) is 13.7 Å². The lowest BCUT2D eigenvalue weighted by Gasteiger charge is -2.00. The lowest BCUT2D eigenvalue weighted by atomic mass is 10.2. The maximum Gasteiger partial charge on any atom is 0.306 e. The van der Waals surface area contributed by atoms with Crippen LogP contribution in [0.4, 0.5) is 0 Å². The first kappa shape index (κ1) is 15.6. The highest BCUT2D eigenvalue weighted by Crippen LogP contribution is 2.20. The van der Waals surface area contributed by atoms with Crippen molar-refractivity contribution >= 4 is 28.3 Å². The van der Waals surface area contributed by atoms with Crippen molar-refractivity contribution in [2.24, 2.45) is 0 Å². The molecular weight excluding hydrogens is 340 g/mol. The molecule has 0 saturated heterocycles. The maximum atomic E-state index is 11.9. The fourth-order valence-electron chi connectivity index (χ4n) is 2.41. The molecule has 0 bridgehead atoms. The van der Waals surface area contributed by atoms with E-state index in [2.05, 4.69) is 10.1 Å². The van der Waals surface area contributed by atoms with Gasteiger partial charge < -0.3 is 13.7 Å². The summed E-state index contributed by atoms with van der Waals surface area (Å²) in [7, 11) is 0. The van der Waals surface area contributed by atoms with Crippen molar-refractivity contribution in [1.29, 1.82) is 0 Å². The molecule has 0 atom stereocenters. The Balaban J connectivity index is 1.29. The quantitative estimate of drug-likeness (QED) is 0.482. The van der Waals surface area contributed by atoms with Gasteiger partial charge >= 0.3 is 5.97 Å². The molecule has 126 valence electrons. The summed E-state index contributed by atoms with van der Waals surface area (Å²) in [5, 5.41) is 8.78. The lowest BCUT2D eigenvalue weighted by molar-refractivity contribution is -0.145. The zero-order valence-corrected chi connectivity index (χ0v) is 14.0. The largest absolute Gasteiger partial charge is 0.457 e. The number of aryl methyl sites for hydroxylation is 1. The molecule has 3 heterocycles. The second kappa shape index (κ2) is 6.90. The second-order valence-electron chi connectivity index (χ2n) is 5.43. The number of hydrogen-bond donors (Lipinski definition) is 0. The Kier molecular flexibility index (Phi) is 4.30. The molecule has 0 saturated carbocycles. The molecule has 25 heavy (non-hydrogen) atoms. The lowest BCUT2D eigenvalue weighted by Crippen LogP contribution is -2.05. The highest BCUT2D eigenvalue weighted by atomic mass is 32.1. The van der Waals surface area contributed by atoms with Crippen molar-refractivity contribution in [3.05, 3.63) is 58.8 Å². The molecule has 4 aromatic rings. The molecule has 0 spiro atoms. The normalized spacial score (nSPS) is 11.0. The average molecular weight is 354 g/mol. The summed E-state index contributed by atoms with van der Waals surface area (Å²) < 4.78 is 16.0. The van der Waals surface area contributed by atoms with E-state index in [9.17, 15) is 4.79 Å². The highest BCUT2D eigenvalue weighted by Gasteiger charge is 2.12. The summed E-state index contributed by atoms with van der Waals surface area (Å²) in [5.74, 6) is 1.23. The fourth-order valence-corrected chi connectivity index (χ4v) is 3.04. The van der Waals surface area contributed by atoms with Crippen molar-refractivity contribution in [3.8, 4) is 11.4 Å². The van der Waals surface area contributed by atoms with Crippen LogP contribution < -0.4 is 0 Å². The summed E-state index contributed by atoms with van der Waals surface area (Å²) in [6, 6.07) is 11.4. The molecule has 6 nitrogen and oxygen atoms in total. The zero-order chi connectivity index (χ0) is 17.1. The third kappa shape index (κ3) is 3.61. The number of fused-ring (bicyclic) bond motifs is 1. The second-order valence-corrected chi connectivity index (χ2v) is 6.22. The van der Waals surface area contributed by atoms with Gasteiger partial charge in [-0.2, -0.15) is 16.3 Å². The predicted octanol–water partition coefficient (Wildman–Crippen LogP) is 4.22. The summed E-state index contributed by atoms with van der Waals surface area (Å²) >= 11 is 1.56. The van der Waals surface area contributed by atoms with E-state index in [0.717, 1.165) is 16.5 Å². The van der Waals surface area contributed by atoms with Crippen LogP contribution in [0.3, 0.4) is 0 Å². The van der Waals surface area contributed by atoms with Crippen LogP contribution in [-0.4, -0.2) is 16.1 Å². The van der Waals surface area contributed by atoms with Gasteiger partial charge in [0.1, 0.15) is 18.0 Å². The third-order valence-electron chi connectivity index (χ3n) is 3.64. The Bertz CT molecular complexity index is 955. The number of ether oxygens (including phenoxy) is 1. The van der Waals surface area contributed by atoms with Gasteiger partial charge in [-0.3, -0.25) is 4.79 Å². The Morgan fingerprint density at radius 2 is 2.16 bits per heavy atom. The number of esters is 1. The topological polar surface area (TPSA) is 78.4 Å². The van der Waals surface area contributed by atoms with E-state index in [0.29, 0.717) is 23.9 Å². The number of para-hydroxylation sites is 1. The van der Waals surface area contributed by atoms with Crippen LogP contribution in [0.5, 0.6) is 0 Å². The minimum Gasteiger partial charge on any atom is -0.457 e. The van der Waals surface area contributed by atoms with Gasteiger partial charge in [-0.05, 0) is 23.6 Å². The van der Waals surface area contributed by atoms with E-state index >= 15 is 0 Å². The standard InChI is InChI=1S/C18H14N2O4S/c21-17(22-10-14-9-12-3-1-2-4-15(12)23-14)6-5-16-19-18(20-24-16)13-7-8-25-11-13/h1-4,7-9,11H,5-6,10H2. The number of carbonyl (C=O) groups is 1. The molecule has 0 amide bonds.